The first-order valence-corrected chi connectivity index (χ1v) is 6.45. The highest BCUT2D eigenvalue weighted by Gasteiger charge is 2.38. The van der Waals surface area contributed by atoms with Crippen LogP contribution in [0, 0.1) is 0 Å². The van der Waals surface area contributed by atoms with E-state index in [0.29, 0.717) is 6.04 Å². The molecule has 3 aliphatic rings. The fourth-order valence-corrected chi connectivity index (χ4v) is 3.07. The van der Waals surface area contributed by atoms with Gasteiger partial charge in [0.2, 0.25) is 0 Å². The van der Waals surface area contributed by atoms with Gasteiger partial charge in [0.15, 0.2) is 0 Å². The van der Waals surface area contributed by atoms with Gasteiger partial charge in [0.25, 0.3) is 0 Å². The Morgan fingerprint density at radius 3 is 2.94 bits per heavy atom. The molecule has 1 aromatic rings. The second-order valence-electron chi connectivity index (χ2n) is 5.19. The maximum absolute atomic E-state index is 10.5. The largest absolute Gasteiger partial charge is 0.478 e. The monoisotopic (exact) mass is 243 g/mol. The summed E-state index contributed by atoms with van der Waals surface area (Å²) >= 11 is 0. The van der Waals surface area contributed by atoms with Crippen LogP contribution in [0.5, 0.6) is 0 Å². The molecule has 2 aliphatic heterocycles. The number of carboxylic acid groups (broad SMARTS) is 1. The molecule has 0 atom stereocenters. The molecular weight excluding hydrogens is 226 g/mol. The first kappa shape index (κ1) is 11.5. The van der Waals surface area contributed by atoms with Gasteiger partial charge in [0, 0.05) is 25.2 Å². The van der Waals surface area contributed by atoms with Gasteiger partial charge in [-0.05, 0) is 29.9 Å². The lowest BCUT2D eigenvalue weighted by atomic mass is 9.76. The normalized spacial score (nSPS) is 26.4. The molecule has 1 N–H and O–H groups in total. The zero-order valence-electron chi connectivity index (χ0n) is 10.2. The average Bonchev–Trinajstić information content (AvgIpc) is 2.52. The fourth-order valence-electron chi connectivity index (χ4n) is 3.07. The van der Waals surface area contributed by atoms with Crippen molar-refractivity contribution in [3.05, 3.63) is 47.5 Å². The van der Waals surface area contributed by atoms with E-state index in [1.165, 1.54) is 30.0 Å². The predicted molar refractivity (Wildman–Crippen MR) is 69.4 cm³/mol. The van der Waals surface area contributed by atoms with Crippen molar-refractivity contribution in [1.82, 2.24) is 4.90 Å². The lowest BCUT2D eigenvalue weighted by Crippen LogP contribution is -2.40. The van der Waals surface area contributed by atoms with E-state index in [1.807, 2.05) is 0 Å². The average molecular weight is 243 g/mol. The molecular formula is C15H17NO2. The molecule has 0 spiro atoms. The number of carboxylic acids is 1. The number of hydrogen-bond donors (Lipinski definition) is 1. The van der Waals surface area contributed by atoms with Crippen molar-refractivity contribution in [2.45, 2.75) is 31.3 Å². The van der Waals surface area contributed by atoms with E-state index in [-0.39, 0.29) is 0 Å². The van der Waals surface area contributed by atoms with Gasteiger partial charge in [-0.1, -0.05) is 30.3 Å². The van der Waals surface area contributed by atoms with E-state index >= 15 is 0 Å². The van der Waals surface area contributed by atoms with E-state index in [2.05, 4.69) is 29.2 Å². The number of nitrogens with zero attached hydrogens (tertiary/aromatic N) is 1. The molecule has 0 unspecified atom stereocenters. The molecule has 94 valence electrons. The molecule has 0 saturated heterocycles. The Balaban J connectivity index is 1.77. The lowest BCUT2D eigenvalue weighted by molar-refractivity contribution is -0.131. The van der Waals surface area contributed by atoms with Crippen LogP contribution in [0.15, 0.2) is 36.4 Å². The van der Waals surface area contributed by atoms with Gasteiger partial charge in [-0.25, -0.2) is 4.79 Å². The smallest absolute Gasteiger partial charge is 0.328 e. The van der Waals surface area contributed by atoms with Crippen LogP contribution in [0.3, 0.4) is 0 Å². The third-order valence-electron chi connectivity index (χ3n) is 4.10. The zero-order valence-corrected chi connectivity index (χ0v) is 10.2. The minimum atomic E-state index is -0.864. The van der Waals surface area contributed by atoms with Crippen molar-refractivity contribution in [3.63, 3.8) is 0 Å². The molecule has 0 amide bonds. The molecule has 0 aromatic heterocycles. The van der Waals surface area contributed by atoms with E-state index in [4.69, 9.17) is 5.11 Å². The summed E-state index contributed by atoms with van der Waals surface area (Å²) in [4.78, 5) is 12.9. The van der Waals surface area contributed by atoms with Crippen LogP contribution in [0.1, 0.15) is 29.9 Å². The highest BCUT2D eigenvalue weighted by atomic mass is 16.4. The number of fused-ring (bicyclic) bond motifs is 1. The highest BCUT2D eigenvalue weighted by Crippen LogP contribution is 2.44. The maximum atomic E-state index is 10.5. The molecule has 4 rings (SSSR count). The molecule has 2 bridgehead atoms. The first-order chi connectivity index (χ1) is 8.74. The van der Waals surface area contributed by atoms with Gasteiger partial charge in [-0.2, -0.15) is 0 Å². The molecule has 3 heteroatoms. The van der Waals surface area contributed by atoms with Crippen LogP contribution < -0.4 is 0 Å². The Hall–Kier alpha value is -1.61. The summed E-state index contributed by atoms with van der Waals surface area (Å²) in [6.07, 6.45) is 5.44. The minimum Gasteiger partial charge on any atom is -0.478 e. The molecule has 1 fully saturated rings. The summed E-state index contributed by atoms with van der Waals surface area (Å²) in [6.45, 7) is 1.68. The van der Waals surface area contributed by atoms with Gasteiger partial charge in [-0.15, -0.1) is 0 Å². The second kappa shape index (κ2) is 4.58. The third kappa shape index (κ3) is 2.06. The molecule has 1 aromatic carbocycles. The topological polar surface area (TPSA) is 40.5 Å². The Morgan fingerprint density at radius 2 is 2.17 bits per heavy atom. The minimum absolute atomic E-state index is 0.626. The van der Waals surface area contributed by atoms with Crippen molar-refractivity contribution in [1.29, 1.82) is 0 Å². The summed E-state index contributed by atoms with van der Waals surface area (Å²) in [5.41, 5.74) is 2.91. The van der Waals surface area contributed by atoms with Crippen LogP contribution in [0.2, 0.25) is 0 Å². The fraction of sp³-hybridized carbons (Fsp3) is 0.400. The molecule has 0 radical (unpaired) electrons. The zero-order chi connectivity index (χ0) is 12.5. The molecule has 1 saturated carbocycles. The van der Waals surface area contributed by atoms with Gasteiger partial charge in [0.05, 0.1) is 0 Å². The van der Waals surface area contributed by atoms with Gasteiger partial charge < -0.3 is 5.11 Å². The van der Waals surface area contributed by atoms with E-state index in [0.717, 1.165) is 19.0 Å². The van der Waals surface area contributed by atoms with Crippen molar-refractivity contribution in [2.75, 3.05) is 6.54 Å². The number of hydrogen-bond acceptors (Lipinski definition) is 2. The lowest BCUT2D eigenvalue weighted by Gasteiger charge is -2.39. The number of carbonyl (C=O) groups is 1. The van der Waals surface area contributed by atoms with Crippen LogP contribution >= 0.6 is 0 Å². The van der Waals surface area contributed by atoms with E-state index in [9.17, 15) is 4.79 Å². The SMILES string of the molecule is O=C(O)/C=C/CN1Cc2ccccc2C2CC1C2. The highest BCUT2D eigenvalue weighted by molar-refractivity contribution is 5.79. The van der Waals surface area contributed by atoms with Crippen LogP contribution in [0.4, 0.5) is 0 Å². The van der Waals surface area contributed by atoms with E-state index in [1.54, 1.807) is 6.08 Å². The Bertz CT molecular complexity index is 489. The van der Waals surface area contributed by atoms with Crippen LogP contribution in [0.25, 0.3) is 0 Å². The van der Waals surface area contributed by atoms with Gasteiger partial charge in [0.1, 0.15) is 0 Å². The first-order valence-electron chi connectivity index (χ1n) is 6.45. The summed E-state index contributed by atoms with van der Waals surface area (Å²) < 4.78 is 0. The quantitative estimate of drug-likeness (QED) is 0.829. The Labute approximate surface area is 107 Å². The molecule has 3 nitrogen and oxygen atoms in total. The molecule has 18 heavy (non-hydrogen) atoms. The summed E-state index contributed by atoms with van der Waals surface area (Å²) in [7, 11) is 0. The second-order valence-corrected chi connectivity index (χ2v) is 5.19. The molecule has 1 aliphatic carbocycles. The van der Waals surface area contributed by atoms with E-state index < -0.39 is 5.97 Å². The van der Waals surface area contributed by atoms with Crippen molar-refractivity contribution in [3.8, 4) is 0 Å². The Morgan fingerprint density at radius 1 is 1.39 bits per heavy atom. The maximum Gasteiger partial charge on any atom is 0.328 e. The van der Waals surface area contributed by atoms with Crippen molar-refractivity contribution in [2.24, 2.45) is 0 Å². The van der Waals surface area contributed by atoms with Crippen LogP contribution in [-0.4, -0.2) is 28.6 Å². The number of rotatable bonds is 3. The summed E-state index contributed by atoms with van der Waals surface area (Å²) in [5.74, 6) is -0.142. The van der Waals surface area contributed by atoms with Crippen LogP contribution in [-0.2, 0) is 11.3 Å². The summed E-state index contributed by atoms with van der Waals surface area (Å²) in [5, 5.41) is 8.63. The molecule has 2 heterocycles. The summed E-state index contributed by atoms with van der Waals surface area (Å²) in [6, 6.07) is 9.27. The predicted octanol–water partition coefficient (Wildman–Crippen LogP) is 2.39. The number of aliphatic carboxylic acids is 1. The van der Waals surface area contributed by atoms with Crippen molar-refractivity contribution < 1.29 is 9.90 Å². The number of benzene rings is 1. The Kier molecular flexibility index (Phi) is 2.92. The van der Waals surface area contributed by atoms with Crippen molar-refractivity contribution >= 4 is 5.97 Å². The van der Waals surface area contributed by atoms with Gasteiger partial charge >= 0.3 is 5.97 Å². The van der Waals surface area contributed by atoms with Gasteiger partial charge in [-0.3, -0.25) is 4.90 Å². The standard InChI is InChI=1S/C15H17NO2/c17-15(18)6-3-7-16-10-11-4-1-2-5-14(11)12-8-13(16)9-12/h1-6,12-13H,7-10H2,(H,17,18)/b6-3+. The third-order valence-corrected chi connectivity index (χ3v) is 4.10.